The first-order valence-electron chi connectivity index (χ1n) is 9.21. The largest absolute Gasteiger partial charge is 0.394 e. The van der Waals surface area contributed by atoms with Crippen LogP contribution in [0.5, 0.6) is 0 Å². The molecule has 0 aliphatic carbocycles. The van der Waals surface area contributed by atoms with Gasteiger partial charge in [-0.05, 0) is 62.4 Å². The molecule has 0 aliphatic heterocycles. The molecule has 0 unspecified atom stereocenters. The highest BCUT2D eigenvalue weighted by molar-refractivity contribution is 6.29. The zero-order valence-corrected chi connectivity index (χ0v) is 17.9. The van der Waals surface area contributed by atoms with Gasteiger partial charge in [0.05, 0.1) is 11.4 Å². The maximum absolute atomic E-state index is 11.7. The summed E-state index contributed by atoms with van der Waals surface area (Å²) in [5.41, 5.74) is 12.5. The number of aryl methyl sites for hydroxylation is 2. The van der Waals surface area contributed by atoms with Gasteiger partial charge >= 0.3 is 0 Å². The first-order valence-corrected chi connectivity index (χ1v) is 9.59. The summed E-state index contributed by atoms with van der Waals surface area (Å²) in [5.74, 6) is 0.590. The fourth-order valence-electron chi connectivity index (χ4n) is 2.30. The number of nitrogens with zero attached hydrogens (tertiary/aromatic N) is 3. The van der Waals surface area contributed by atoms with Crippen molar-refractivity contribution >= 4 is 23.0 Å². The van der Waals surface area contributed by atoms with Crippen LogP contribution in [0.25, 0.3) is 5.82 Å². The first-order chi connectivity index (χ1) is 14.8. The van der Waals surface area contributed by atoms with Gasteiger partial charge in [-0.2, -0.15) is 0 Å². The monoisotopic (exact) mass is 438 g/mol. The minimum Gasteiger partial charge on any atom is -0.394 e. The van der Waals surface area contributed by atoms with Crippen LogP contribution in [-0.2, 0) is 0 Å². The van der Waals surface area contributed by atoms with E-state index in [2.05, 4.69) is 15.0 Å². The lowest BCUT2D eigenvalue weighted by Gasteiger charge is -2.05. The molecule has 0 aliphatic rings. The molecule has 8 nitrogen and oxygen atoms in total. The highest BCUT2D eigenvalue weighted by atomic mass is 35.5. The number of nitrogens with two attached hydrogens (primary N) is 2. The molecule has 4 heterocycles. The van der Waals surface area contributed by atoms with Gasteiger partial charge in [-0.25, -0.2) is 9.97 Å². The van der Waals surface area contributed by atoms with E-state index < -0.39 is 0 Å². The Bertz CT molecular complexity index is 1240. The summed E-state index contributed by atoms with van der Waals surface area (Å²) in [6.07, 6.45) is 3.19. The van der Waals surface area contributed by atoms with E-state index in [0.29, 0.717) is 11.0 Å². The maximum atomic E-state index is 11.7. The first kappa shape index (κ1) is 23.4. The average molecular weight is 439 g/mol. The molecule has 4 aromatic heterocycles. The highest BCUT2D eigenvalue weighted by Gasteiger charge is 2.02. The molecule has 0 saturated carbocycles. The molecule has 0 aromatic carbocycles. The van der Waals surface area contributed by atoms with Gasteiger partial charge in [0.15, 0.2) is 0 Å². The number of nitrogens with one attached hydrogen (secondary N) is 1. The molecule has 0 saturated heterocycles. The number of aromatic nitrogens is 4. The average Bonchev–Trinajstić information content (AvgIpc) is 2.73. The molecule has 4 aromatic rings. The van der Waals surface area contributed by atoms with Crippen molar-refractivity contribution in [3.8, 4) is 5.82 Å². The molecule has 0 bridgehead atoms. The Kier molecular flexibility index (Phi) is 8.53. The molecule has 0 spiro atoms. The van der Waals surface area contributed by atoms with Crippen molar-refractivity contribution in [2.75, 3.05) is 11.5 Å². The second-order valence-electron chi connectivity index (χ2n) is 6.33. The molecule has 0 atom stereocenters. The normalized spacial score (nSPS) is 9.65. The Labute approximate surface area is 184 Å². The molecule has 160 valence electrons. The lowest BCUT2D eigenvalue weighted by Crippen LogP contribution is -2.21. The maximum Gasteiger partial charge on any atom is 0.279 e. The number of aromatic amines is 1. The number of rotatable bonds is 1. The summed E-state index contributed by atoms with van der Waals surface area (Å²) >= 11 is 5.53. The predicted octanol–water partition coefficient (Wildman–Crippen LogP) is 3.12. The van der Waals surface area contributed by atoms with Crippen molar-refractivity contribution in [3.05, 3.63) is 110 Å². The van der Waals surface area contributed by atoms with Crippen molar-refractivity contribution < 1.29 is 0 Å². The number of anilines is 2. The number of H-pyrrole nitrogens is 1. The fourth-order valence-corrected chi connectivity index (χ4v) is 2.50. The van der Waals surface area contributed by atoms with Crippen LogP contribution in [0.1, 0.15) is 11.4 Å². The van der Waals surface area contributed by atoms with Crippen molar-refractivity contribution in [2.24, 2.45) is 0 Å². The quantitative estimate of drug-likeness (QED) is 0.391. The van der Waals surface area contributed by atoms with Crippen LogP contribution < -0.4 is 22.6 Å². The number of hydrogen-bond donors (Lipinski definition) is 3. The molecule has 5 N–H and O–H groups in total. The Morgan fingerprint density at radius 2 is 1.48 bits per heavy atom. The number of halogens is 1. The third-order valence-corrected chi connectivity index (χ3v) is 4.01. The van der Waals surface area contributed by atoms with Gasteiger partial charge in [-0.3, -0.25) is 14.2 Å². The fraction of sp³-hybridized carbons (Fsp3) is 0.0909. The second kappa shape index (κ2) is 11.3. The van der Waals surface area contributed by atoms with Crippen LogP contribution in [0.2, 0.25) is 5.15 Å². The van der Waals surface area contributed by atoms with Crippen LogP contribution in [0.15, 0.2) is 82.6 Å². The SMILES string of the molecule is Cc1cccc(-n2cccc(N)c2=O)n1.Cc1cccc(Cl)n1.Nc1ccc[nH]c1=O. The smallest absolute Gasteiger partial charge is 0.279 e. The van der Waals surface area contributed by atoms with Gasteiger partial charge < -0.3 is 16.5 Å². The summed E-state index contributed by atoms with van der Waals surface area (Å²) in [6.45, 7) is 3.78. The Hall–Kier alpha value is -3.91. The minimum atomic E-state index is -0.240. The molecule has 0 amide bonds. The van der Waals surface area contributed by atoms with Crippen molar-refractivity contribution in [2.45, 2.75) is 13.8 Å². The van der Waals surface area contributed by atoms with Crippen molar-refractivity contribution in [1.82, 2.24) is 19.5 Å². The summed E-state index contributed by atoms with van der Waals surface area (Å²) in [5, 5.41) is 0.560. The van der Waals surface area contributed by atoms with Gasteiger partial charge in [0.25, 0.3) is 11.1 Å². The second-order valence-corrected chi connectivity index (χ2v) is 6.72. The van der Waals surface area contributed by atoms with E-state index in [-0.39, 0.29) is 22.5 Å². The molecular formula is C22H23ClN6O2. The van der Waals surface area contributed by atoms with Gasteiger partial charge in [-0.15, -0.1) is 0 Å². The summed E-state index contributed by atoms with van der Waals surface area (Å²) in [7, 11) is 0. The Morgan fingerprint density at radius 3 is 2.00 bits per heavy atom. The third kappa shape index (κ3) is 7.45. The molecule has 0 radical (unpaired) electrons. The van der Waals surface area contributed by atoms with Crippen LogP contribution in [0.4, 0.5) is 11.4 Å². The van der Waals surface area contributed by atoms with Crippen LogP contribution in [-0.4, -0.2) is 19.5 Å². The van der Waals surface area contributed by atoms with E-state index >= 15 is 0 Å². The molecule has 9 heteroatoms. The van der Waals surface area contributed by atoms with E-state index in [0.717, 1.165) is 11.4 Å². The number of hydrogen-bond acceptors (Lipinski definition) is 6. The van der Waals surface area contributed by atoms with E-state index in [1.165, 1.54) is 4.57 Å². The Morgan fingerprint density at radius 1 is 0.839 bits per heavy atom. The zero-order chi connectivity index (χ0) is 22.8. The van der Waals surface area contributed by atoms with E-state index in [1.807, 2.05) is 38.1 Å². The summed E-state index contributed by atoms with van der Waals surface area (Å²) < 4.78 is 1.43. The number of nitrogen functional groups attached to an aromatic ring is 2. The molecule has 0 fully saturated rings. The van der Waals surface area contributed by atoms with E-state index in [4.69, 9.17) is 23.1 Å². The standard InChI is InChI=1S/C11H11N3O.C6H6ClN.C5H6N2O/c1-8-4-2-6-10(13-8)14-7-3-5-9(12)11(14)15;1-5-3-2-4-6(7)8-5;6-4-2-1-3-7-5(4)8/h2-7H,12H2,1H3;2-4H,1H3;1-3H,6H2,(H,7,8). The predicted molar refractivity (Wildman–Crippen MR) is 124 cm³/mol. The Balaban J connectivity index is 0.000000181. The van der Waals surface area contributed by atoms with Crippen molar-refractivity contribution in [3.63, 3.8) is 0 Å². The highest BCUT2D eigenvalue weighted by Crippen LogP contribution is 2.04. The molecule has 4 rings (SSSR count). The lowest BCUT2D eigenvalue weighted by atomic mass is 10.3. The minimum absolute atomic E-state index is 0.223. The van der Waals surface area contributed by atoms with Gasteiger partial charge in [0, 0.05) is 23.8 Å². The van der Waals surface area contributed by atoms with E-state index in [1.54, 1.807) is 48.8 Å². The van der Waals surface area contributed by atoms with Gasteiger partial charge in [-0.1, -0.05) is 23.7 Å². The van der Waals surface area contributed by atoms with Gasteiger partial charge in [0.1, 0.15) is 11.0 Å². The molecular weight excluding hydrogens is 416 g/mol. The van der Waals surface area contributed by atoms with Crippen LogP contribution in [0, 0.1) is 13.8 Å². The van der Waals surface area contributed by atoms with Gasteiger partial charge in [0.2, 0.25) is 0 Å². The van der Waals surface area contributed by atoms with Crippen molar-refractivity contribution in [1.29, 1.82) is 0 Å². The zero-order valence-electron chi connectivity index (χ0n) is 17.1. The van der Waals surface area contributed by atoms with Crippen LogP contribution >= 0.6 is 11.6 Å². The lowest BCUT2D eigenvalue weighted by molar-refractivity contribution is 0.932. The van der Waals surface area contributed by atoms with Crippen LogP contribution in [0.3, 0.4) is 0 Å². The topological polar surface area (TPSA) is 133 Å². The third-order valence-electron chi connectivity index (χ3n) is 3.80. The molecule has 31 heavy (non-hydrogen) atoms. The summed E-state index contributed by atoms with van der Waals surface area (Å²) in [4.78, 5) is 32.7. The van der Waals surface area contributed by atoms with E-state index in [9.17, 15) is 9.59 Å². The summed E-state index contributed by atoms with van der Waals surface area (Å²) in [6, 6.07) is 17.6. The number of pyridine rings is 4.